The summed E-state index contributed by atoms with van der Waals surface area (Å²) < 4.78 is 27.1. The summed E-state index contributed by atoms with van der Waals surface area (Å²) in [7, 11) is -3.94. The zero-order valence-corrected chi connectivity index (χ0v) is 15.8. The number of rotatable bonds is 5. The molecule has 1 fully saturated rings. The highest BCUT2D eigenvalue weighted by Crippen LogP contribution is 2.38. The number of anilines is 1. The Labute approximate surface area is 159 Å². The molecule has 1 aliphatic rings. The molecule has 0 unspecified atom stereocenters. The first-order chi connectivity index (χ1) is 12.8. The molecule has 27 heavy (non-hydrogen) atoms. The summed E-state index contributed by atoms with van der Waals surface area (Å²) in [6.07, 6.45) is 2.18. The maximum atomic E-state index is 12.5. The third kappa shape index (κ3) is 4.74. The van der Waals surface area contributed by atoms with Crippen molar-refractivity contribution in [3.8, 4) is 0 Å². The largest absolute Gasteiger partial charge is 0.326 e. The highest BCUT2D eigenvalue weighted by molar-refractivity contribution is 7.90. The van der Waals surface area contributed by atoms with Crippen LogP contribution in [-0.4, -0.2) is 20.2 Å². The molecule has 7 heteroatoms. The van der Waals surface area contributed by atoms with Gasteiger partial charge in [0.15, 0.2) is 0 Å². The minimum atomic E-state index is -3.94. The molecule has 3 rings (SSSR count). The van der Waals surface area contributed by atoms with Crippen LogP contribution in [0.1, 0.15) is 37.7 Å². The van der Waals surface area contributed by atoms with Crippen LogP contribution in [0.15, 0.2) is 59.5 Å². The average Bonchev–Trinajstić information content (AvgIpc) is 3.12. The molecule has 0 radical (unpaired) electrons. The number of carbonyl (C=O) groups excluding carboxylic acids is 2. The van der Waals surface area contributed by atoms with Crippen molar-refractivity contribution in [2.24, 2.45) is 5.92 Å². The molecule has 2 atom stereocenters. The Morgan fingerprint density at radius 2 is 1.63 bits per heavy atom. The van der Waals surface area contributed by atoms with Crippen LogP contribution in [0.2, 0.25) is 0 Å². The molecular weight excluding hydrogens is 364 g/mol. The number of hydrogen-bond acceptors (Lipinski definition) is 4. The van der Waals surface area contributed by atoms with Crippen LogP contribution in [0, 0.1) is 5.92 Å². The van der Waals surface area contributed by atoms with Gasteiger partial charge in [-0.3, -0.25) is 9.59 Å². The molecule has 6 nitrogen and oxygen atoms in total. The number of benzene rings is 2. The van der Waals surface area contributed by atoms with Gasteiger partial charge in [0.25, 0.3) is 10.0 Å². The standard InChI is InChI=1S/C20H22N2O4S/c1-14(23)21-18-9-11-19(12-10-18)27(25,26)22-20(24)17-8-7-16(13-17)15-5-3-2-4-6-15/h2-6,9-12,16-17H,7-8,13H2,1H3,(H,21,23)(H,22,24)/t16-,17-/m1/s1. The second-order valence-corrected chi connectivity index (χ2v) is 8.48. The Kier molecular flexibility index (Phi) is 5.60. The second kappa shape index (κ2) is 7.92. The predicted octanol–water partition coefficient (Wildman–Crippen LogP) is 3.03. The van der Waals surface area contributed by atoms with Crippen molar-refractivity contribution < 1.29 is 18.0 Å². The van der Waals surface area contributed by atoms with Crippen molar-refractivity contribution in [1.29, 1.82) is 0 Å². The Hall–Kier alpha value is -2.67. The van der Waals surface area contributed by atoms with E-state index in [4.69, 9.17) is 0 Å². The van der Waals surface area contributed by atoms with Crippen LogP contribution in [0.25, 0.3) is 0 Å². The smallest absolute Gasteiger partial charge is 0.264 e. The first kappa shape index (κ1) is 19.1. The number of hydrogen-bond donors (Lipinski definition) is 2. The molecule has 0 spiro atoms. The van der Waals surface area contributed by atoms with E-state index in [2.05, 4.69) is 10.0 Å². The van der Waals surface area contributed by atoms with Crippen LogP contribution in [0.5, 0.6) is 0 Å². The molecule has 142 valence electrons. The van der Waals surface area contributed by atoms with Crippen LogP contribution >= 0.6 is 0 Å². The maximum absolute atomic E-state index is 12.5. The van der Waals surface area contributed by atoms with Gasteiger partial charge in [-0.2, -0.15) is 0 Å². The van der Waals surface area contributed by atoms with Gasteiger partial charge in [-0.25, -0.2) is 13.1 Å². The van der Waals surface area contributed by atoms with Gasteiger partial charge in [0.2, 0.25) is 11.8 Å². The van der Waals surface area contributed by atoms with Gasteiger partial charge in [0, 0.05) is 18.5 Å². The van der Waals surface area contributed by atoms with Crippen LogP contribution in [-0.2, 0) is 19.6 Å². The fourth-order valence-electron chi connectivity index (χ4n) is 3.44. The summed E-state index contributed by atoms with van der Waals surface area (Å²) in [4.78, 5) is 23.5. The van der Waals surface area contributed by atoms with Crippen molar-refractivity contribution in [3.63, 3.8) is 0 Å². The number of nitrogens with one attached hydrogen (secondary N) is 2. The van der Waals surface area contributed by atoms with E-state index >= 15 is 0 Å². The minimum Gasteiger partial charge on any atom is -0.326 e. The summed E-state index contributed by atoms with van der Waals surface area (Å²) in [5, 5.41) is 2.57. The normalized spacial score (nSPS) is 19.4. The Bertz CT molecular complexity index is 924. The summed E-state index contributed by atoms with van der Waals surface area (Å²) in [5.41, 5.74) is 1.68. The van der Waals surface area contributed by atoms with E-state index in [1.54, 1.807) is 0 Å². The lowest BCUT2D eigenvalue weighted by Gasteiger charge is -2.13. The first-order valence-corrected chi connectivity index (χ1v) is 10.3. The highest BCUT2D eigenvalue weighted by Gasteiger charge is 2.32. The van der Waals surface area contributed by atoms with E-state index in [1.807, 2.05) is 30.3 Å². The fraction of sp³-hybridized carbons (Fsp3) is 0.300. The number of carbonyl (C=O) groups is 2. The fourth-order valence-corrected chi connectivity index (χ4v) is 4.49. The lowest BCUT2D eigenvalue weighted by Crippen LogP contribution is -2.34. The number of sulfonamides is 1. The van der Waals surface area contributed by atoms with E-state index in [1.165, 1.54) is 36.8 Å². The molecule has 1 aliphatic carbocycles. The monoisotopic (exact) mass is 386 g/mol. The summed E-state index contributed by atoms with van der Waals surface area (Å²) in [6.45, 7) is 1.37. The van der Waals surface area contributed by atoms with Gasteiger partial charge in [-0.15, -0.1) is 0 Å². The van der Waals surface area contributed by atoms with E-state index in [-0.39, 0.29) is 22.6 Å². The Morgan fingerprint density at radius 1 is 0.963 bits per heavy atom. The molecule has 1 saturated carbocycles. The third-order valence-corrected chi connectivity index (χ3v) is 6.16. The van der Waals surface area contributed by atoms with Crippen LogP contribution in [0.4, 0.5) is 5.69 Å². The lowest BCUT2D eigenvalue weighted by atomic mass is 9.96. The van der Waals surface area contributed by atoms with E-state index in [0.29, 0.717) is 18.5 Å². The lowest BCUT2D eigenvalue weighted by molar-refractivity contribution is -0.123. The van der Waals surface area contributed by atoms with Crippen LogP contribution in [0.3, 0.4) is 0 Å². The van der Waals surface area contributed by atoms with E-state index in [9.17, 15) is 18.0 Å². The summed E-state index contributed by atoms with van der Waals surface area (Å²) in [5.74, 6) is -0.738. The van der Waals surface area contributed by atoms with E-state index < -0.39 is 15.9 Å². The number of amides is 2. The zero-order chi connectivity index (χ0) is 19.4. The van der Waals surface area contributed by atoms with Gasteiger partial charge in [-0.1, -0.05) is 30.3 Å². The van der Waals surface area contributed by atoms with Crippen molar-refractivity contribution in [2.75, 3.05) is 5.32 Å². The predicted molar refractivity (Wildman–Crippen MR) is 103 cm³/mol. The first-order valence-electron chi connectivity index (χ1n) is 8.84. The molecular formula is C20H22N2O4S. The molecule has 0 bridgehead atoms. The molecule has 0 aromatic heterocycles. The minimum absolute atomic E-state index is 0.0115. The van der Waals surface area contributed by atoms with Gasteiger partial charge in [0.05, 0.1) is 4.90 Å². The topological polar surface area (TPSA) is 92.3 Å². The molecule has 2 aromatic carbocycles. The third-order valence-electron chi connectivity index (χ3n) is 4.79. The second-order valence-electron chi connectivity index (χ2n) is 6.79. The Morgan fingerprint density at radius 3 is 2.26 bits per heavy atom. The molecule has 0 saturated heterocycles. The molecule has 0 aliphatic heterocycles. The Balaban J connectivity index is 1.64. The van der Waals surface area contributed by atoms with Crippen molar-refractivity contribution in [1.82, 2.24) is 4.72 Å². The van der Waals surface area contributed by atoms with Crippen LogP contribution < -0.4 is 10.0 Å². The van der Waals surface area contributed by atoms with Gasteiger partial charge < -0.3 is 5.32 Å². The van der Waals surface area contributed by atoms with Crippen molar-refractivity contribution in [3.05, 3.63) is 60.2 Å². The quantitative estimate of drug-likeness (QED) is 0.826. The summed E-state index contributed by atoms with van der Waals surface area (Å²) in [6, 6.07) is 15.7. The zero-order valence-electron chi connectivity index (χ0n) is 15.0. The van der Waals surface area contributed by atoms with Gasteiger partial charge in [-0.05, 0) is 55.0 Å². The van der Waals surface area contributed by atoms with Gasteiger partial charge >= 0.3 is 0 Å². The van der Waals surface area contributed by atoms with Gasteiger partial charge in [0.1, 0.15) is 0 Å². The average molecular weight is 386 g/mol. The van der Waals surface area contributed by atoms with E-state index in [0.717, 1.165) is 6.42 Å². The molecule has 2 aromatic rings. The SMILES string of the molecule is CC(=O)Nc1ccc(S(=O)(=O)NC(=O)[C@@H]2CC[C@@H](c3ccccc3)C2)cc1. The molecule has 2 N–H and O–H groups in total. The summed E-state index contributed by atoms with van der Waals surface area (Å²) >= 11 is 0. The maximum Gasteiger partial charge on any atom is 0.264 e. The molecule has 2 amide bonds. The molecule has 0 heterocycles. The highest BCUT2D eigenvalue weighted by atomic mass is 32.2. The van der Waals surface area contributed by atoms with Crippen molar-refractivity contribution in [2.45, 2.75) is 37.0 Å². The van der Waals surface area contributed by atoms with Crippen molar-refractivity contribution >= 4 is 27.5 Å².